The zero-order valence-electron chi connectivity index (χ0n) is 8.14. The van der Waals surface area contributed by atoms with Crippen molar-refractivity contribution in [3.05, 3.63) is 46.7 Å². The monoisotopic (exact) mass is 264 g/mol. The van der Waals surface area contributed by atoms with E-state index < -0.39 is 0 Å². The summed E-state index contributed by atoms with van der Waals surface area (Å²) in [5.74, 6) is 0.724. The Morgan fingerprint density at radius 2 is 1.67 bits per heavy atom. The number of aromatic nitrogens is 2. The predicted octanol–water partition coefficient (Wildman–Crippen LogP) is 3.34. The molecule has 3 nitrogen and oxygen atoms in total. The molecule has 2 rings (SSSR count). The summed E-state index contributed by atoms with van der Waals surface area (Å²) in [6.45, 7) is 1.93. The van der Waals surface area contributed by atoms with Crippen molar-refractivity contribution in [3.63, 3.8) is 0 Å². The van der Waals surface area contributed by atoms with E-state index in [1.807, 2.05) is 31.2 Å². The average molecular weight is 265 g/mol. The highest BCUT2D eigenvalue weighted by Gasteiger charge is 1.98. The molecule has 0 atom stereocenters. The zero-order valence-corrected chi connectivity index (χ0v) is 9.73. The van der Waals surface area contributed by atoms with Gasteiger partial charge in [-0.05, 0) is 36.8 Å². The van der Waals surface area contributed by atoms with Crippen LogP contribution >= 0.6 is 15.9 Å². The number of ether oxygens (including phenoxy) is 1. The van der Waals surface area contributed by atoms with E-state index in [0.29, 0.717) is 6.01 Å². The van der Waals surface area contributed by atoms with Gasteiger partial charge in [-0.3, -0.25) is 0 Å². The zero-order chi connectivity index (χ0) is 10.7. The van der Waals surface area contributed by atoms with Crippen molar-refractivity contribution in [1.29, 1.82) is 0 Å². The summed E-state index contributed by atoms with van der Waals surface area (Å²) < 4.78 is 6.46. The van der Waals surface area contributed by atoms with Crippen molar-refractivity contribution in [1.82, 2.24) is 9.97 Å². The lowest BCUT2D eigenvalue weighted by Crippen LogP contribution is -1.91. The maximum absolute atomic E-state index is 5.45. The van der Waals surface area contributed by atoms with E-state index in [1.54, 1.807) is 12.4 Å². The van der Waals surface area contributed by atoms with Gasteiger partial charge in [-0.1, -0.05) is 15.9 Å². The first kappa shape index (κ1) is 10.1. The van der Waals surface area contributed by atoms with Crippen molar-refractivity contribution < 1.29 is 4.74 Å². The number of hydrogen-bond donors (Lipinski definition) is 0. The van der Waals surface area contributed by atoms with Gasteiger partial charge in [0.15, 0.2) is 0 Å². The van der Waals surface area contributed by atoms with Crippen LogP contribution in [0.3, 0.4) is 0 Å². The van der Waals surface area contributed by atoms with Gasteiger partial charge >= 0.3 is 6.01 Å². The molecule has 0 aliphatic heterocycles. The number of rotatable bonds is 2. The Bertz CT molecular complexity index is 396. The van der Waals surface area contributed by atoms with Crippen LogP contribution < -0.4 is 4.74 Å². The predicted molar refractivity (Wildman–Crippen MR) is 61.0 cm³/mol. The molecule has 0 amide bonds. The Morgan fingerprint density at radius 1 is 1.07 bits per heavy atom. The lowest BCUT2D eigenvalue weighted by atomic mass is 10.3. The summed E-state index contributed by atoms with van der Waals surface area (Å²) in [4.78, 5) is 8.10. The molecule has 0 unspecified atom stereocenters. The van der Waals surface area contributed by atoms with Crippen LogP contribution in [0, 0.1) is 6.92 Å². The van der Waals surface area contributed by atoms with Crippen LogP contribution in [0.5, 0.6) is 11.8 Å². The molecule has 0 spiro atoms. The van der Waals surface area contributed by atoms with E-state index >= 15 is 0 Å². The Labute approximate surface area is 96.3 Å². The second-order valence-corrected chi connectivity index (χ2v) is 4.01. The lowest BCUT2D eigenvalue weighted by Gasteiger charge is -2.02. The summed E-state index contributed by atoms with van der Waals surface area (Å²) in [6.07, 6.45) is 3.45. The minimum Gasteiger partial charge on any atom is -0.424 e. The first-order valence-corrected chi connectivity index (χ1v) is 5.25. The number of nitrogens with zero attached hydrogens (tertiary/aromatic N) is 2. The van der Waals surface area contributed by atoms with Crippen molar-refractivity contribution in [2.45, 2.75) is 6.92 Å². The average Bonchev–Trinajstić information content (AvgIpc) is 2.25. The van der Waals surface area contributed by atoms with E-state index in [2.05, 4.69) is 25.9 Å². The van der Waals surface area contributed by atoms with E-state index in [-0.39, 0.29) is 0 Å². The van der Waals surface area contributed by atoms with Gasteiger partial charge in [-0.2, -0.15) is 0 Å². The second-order valence-electron chi connectivity index (χ2n) is 3.10. The van der Waals surface area contributed by atoms with Crippen molar-refractivity contribution >= 4 is 15.9 Å². The molecule has 0 aliphatic carbocycles. The fraction of sp³-hybridized carbons (Fsp3) is 0.0909. The maximum atomic E-state index is 5.45. The molecule has 0 N–H and O–H groups in total. The molecule has 0 fully saturated rings. The molecule has 0 saturated carbocycles. The number of halogens is 1. The first-order valence-electron chi connectivity index (χ1n) is 4.46. The number of hydrogen-bond acceptors (Lipinski definition) is 3. The first-order chi connectivity index (χ1) is 7.24. The Morgan fingerprint density at radius 3 is 2.27 bits per heavy atom. The summed E-state index contributed by atoms with van der Waals surface area (Å²) in [5, 5.41) is 0. The van der Waals surface area contributed by atoms with Gasteiger partial charge < -0.3 is 4.74 Å². The molecule has 0 radical (unpaired) electrons. The summed E-state index contributed by atoms with van der Waals surface area (Å²) >= 11 is 3.35. The van der Waals surface area contributed by atoms with Gasteiger partial charge in [0.1, 0.15) is 5.75 Å². The number of benzene rings is 1. The third kappa shape index (κ3) is 2.76. The van der Waals surface area contributed by atoms with Gasteiger partial charge in [0.2, 0.25) is 0 Å². The van der Waals surface area contributed by atoms with E-state index in [1.165, 1.54) is 0 Å². The van der Waals surface area contributed by atoms with Crippen molar-refractivity contribution in [2.24, 2.45) is 0 Å². The summed E-state index contributed by atoms with van der Waals surface area (Å²) in [5.41, 5.74) is 1.01. The molecule has 1 aromatic heterocycles. The Hall–Kier alpha value is -1.42. The third-order valence-corrected chi connectivity index (χ3v) is 2.31. The molecular weight excluding hydrogens is 256 g/mol. The molecule has 2 aromatic rings. The lowest BCUT2D eigenvalue weighted by molar-refractivity contribution is 0.441. The molecule has 1 heterocycles. The minimum atomic E-state index is 0.364. The van der Waals surface area contributed by atoms with Crippen LogP contribution in [0.15, 0.2) is 41.1 Å². The molecule has 0 saturated heterocycles. The van der Waals surface area contributed by atoms with Gasteiger partial charge in [-0.25, -0.2) is 9.97 Å². The van der Waals surface area contributed by atoms with Crippen LogP contribution in [-0.2, 0) is 0 Å². The minimum absolute atomic E-state index is 0.364. The van der Waals surface area contributed by atoms with Crippen LogP contribution in [0.4, 0.5) is 0 Å². The fourth-order valence-electron chi connectivity index (χ4n) is 1.04. The van der Waals surface area contributed by atoms with E-state index in [9.17, 15) is 0 Å². The van der Waals surface area contributed by atoms with E-state index in [4.69, 9.17) is 4.74 Å². The van der Waals surface area contributed by atoms with Gasteiger partial charge in [0.25, 0.3) is 0 Å². The molecule has 1 aromatic carbocycles. The molecule has 0 bridgehead atoms. The molecule has 4 heteroatoms. The summed E-state index contributed by atoms with van der Waals surface area (Å²) in [6, 6.07) is 7.89. The summed E-state index contributed by atoms with van der Waals surface area (Å²) in [7, 11) is 0. The third-order valence-electron chi connectivity index (χ3n) is 1.78. The van der Waals surface area contributed by atoms with Crippen molar-refractivity contribution in [2.75, 3.05) is 0 Å². The van der Waals surface area contributed by atoms with Gasteiger partial charge in [0, 0.05) is 16.9 Å². The Kier molecular flexibility index (Phi) is 2.97. The van der Waals surface area contributed by atoms with Crippen LogP contribution in [0.1, 0.15) is 5.56 Å². The topological polar surface area (TPSA) is 35.0 Å². The van der Waals surface area contributed by atoms with Crippen LogP contribution in [0.25, 0.3) is 0 Å². The smallest absolute Gasteiger partial charge is 0.321 e. The van der Waals surface area contributed by atoms with Crippen LogP contribution in [-0.4, -0.2) is 9.97 Å². The fourth-order valence-corrected chi connectivity index (χ4v) is 1.31. The van der Waals surface area contributed by atoms with E-state index in [0.717, 1.165) is 15.8 Å². The van der Waals surface area contributed by atoms with Crippen LogP contribution in [0.2, 0.25) is 0 Å². The molecule has 0 aliphatic rings. The largest absolute Gasteiger partial charge is 0.424 e. The van der Waals surface area contributed by atoms with Gasteiger partial charge in [-0.15, -0.1) is 0 Å². The molecular formula is C11H9BrN2O. The molecule has 15 heavy (non-hydrogen) atoms. The molecule has 76 valence electrons. The number of aryl methyl sites for hydroxylation is 1. The quantitative estimate of drug-likeness (QED) is 0.835. The van der Waals surface area contributed by atoms with Crippen molar-refractivity contribution in [3.8, 4) is 11.8 Å². The highest BCUT2D eigenvalue weighted by Crippen LogP contribution is 2.20. The second kappa shape index (κ2) is 4.40. The highest BCUT2D eigenvalue weighted by molar-refractivity contribution is 9.10. The standard InChI is InChI=1S/C11H9BrN2O/c1-8-6-13-11(14-7-8)15-10-4-2-9(12)3-5-10/h2-7H,1H3. The highest BCUT2D eigenvalue weighted by atomic mass is 79.9. The Balaban J connectivity index is 2.15. The normalized spacial score (nSPS) is 10.0. The maximum Gasteiger partial charge on any atom is 0.321 e. The SMILES string of the molecule is Cc1cnc(Oc2ccc(Br)cc2)nc1. The van der Waals surface area contributed by atoms with Gasteiger partial charge in [0.05, 0.1) is 0 Å².